The van der Waals surface area contributed by atoms with Crippen molar-refractivity contribution in [1.82, 2.24) is 14.7 Å². The zero-order valence-electron chi connectivity index (χ0n) is 13.0. The van der Waals surface area contributed by atoms with Crippen LogP contribution in [0.3, 0.4) is 0 Å². The van der Waals surface area contributed by atoms with E-state index in [2.05, 4.69) is 10.3 Å². The summed E-state index contributed by atoms with van der Waals surface area (Å²) in [6.45, 7) is -0.0313. The molecule has 0 fully saturated rings. The Hall–Kier alpha value is -4.02. The van der Waals surface area contributed by atoms with Gasteiger partial charge in [0.2, 0.25) is 0 Å². The lowest BCUT2D eigenvalue weighted by Gasteiger charge is -2.03. The minimum Gasteiger partial charge on any atom is -0.504 e. The van der Waals surface area contributed by atoms with E-state index in [1.165, 1.54) is 6.07 Å². The smallest absolute Gasteiger partial charge is 0.277 e. The van der Waals surface area contributed by atoms with Gasteiger partial charge in [0.05, 0.1) is 33.7 Å². The van der Waals surface area contributed by atoms with E-state index in [0.717, 1.165) is 18.2 Å². The maximum Gasteiger partial charge on any atom is 0.277 e. The van der Waals surface area contributed by atoms with Crippen LogP contribution in [0, 0.1) is 20.2 Å². The maximum atomic E-state index is 12.2. The van der Waals surface area contributed by atoms with Gasteiger partial charge in [-0.1, -0.05) is 0 Å². The lowest BCUT2D eigenvalue weighted by molar-refractivity contribution is -0.394. The van der Waals surface area contributed by atoms with E-state index in [1.807, 2.05) is 0 Å². The van der Waals surface area contributed by atoms with Crippen LogP contribution in [0.5, 0.6) is 5.75 Å². The Morgan fingerprint density at radius 2 is 1.85 bits per heavy atom. The van der Waals surface area contributed by atoms with E-state index in [0.29, 0.717) is 11.3 Å². The number of hydrogen-bond acceptors (Lipinski definition) is 7. The van der Waals surface area contributed by atoms with Gasteiger partial charge in [-0.25, -0.2) is 4.98 Å². The van der Waals surface area contributed by atoms with Gasteiger partial charge in [-0.2, -0.15) is 0 Å². The molecule has 2 N–H and O–H groups in total. The Morgan fingerprint density at radius 1 is 1.19 bits per heavy atom. The van der Waals surface area contributed by atoms with Gasteiger partial charge in [0.1, 0.15) is 0 Å². The number of amides is 1. The minimum absolute atomic E-state index is 0.0283. The van der Waals surface area contributed by atoms with Crippen LogP contribution in [0.15, 0.2) is 42.7 Å². The van der Waals surface area contributed by atoms with Crippen LogP contribution in [0.1, 0.15) is 16.1 Å². The van der Waals surface area contributed by atoms with Gasteiger partial charge in [-0.3, -0.25) is 25.0 Å². The van der Waals surface area contributed by atoms with Crippen LogP contribution in [-0.4, -0.2) is 30.2 Å². The molecule has 26 heavy (non-hydrogen) atoms. The van der Waals surface area contributed by atoms with Crippen molar-refractivity contribution < 1.29 is 19.7 Å². The highest BCUT2D eigenvalue weighted by Gasteiger charge is 2.20. The van der Waals surface area contributed by atoms with Gasteiger partial charge < -0.3 is 14.8 Å². The zero-order valence-corrected chi connectivity index (χ0v) is 13.0. The first-order valence-electron chi connectivity index (χ1n) is 7.23. The van der Waals surface area contributed by atoms with E-state index in [9.17, 15) is 30.1 Å². The highest BCUT2D eigenvalue weighted by molar-refractivity contribution is 5.95. The highest BCUT2D eigenvalue weighted by atomic mass is 16.6. The zero-order chi connectivity index (χ0) is 18.8. The van der Waals surface area contributed by atoms with Crippen molar-refractivity contribution in [2.45, 2.75) is 6.54 Å². The average Bonchev–Trinajstić information content (AvgIpc) is 3.03. The molecular formula is C15H11N5O6. The number of nitrogens with zero attached hydrogens (tertiary/aromatic N) is 4. The highest BCUT2D eigenvalue weighted by Crippen LogP contribution is 2.23. The van der Waals surface area contributed by atoms with Gasteiger partial charge in [-0.05, 0) is 12.1 Å². The van der Waals surface area contributed by atoms with Crippen molar-refractivity contribution in [3.05, 3.63) is 74.2 Å². The van der Waals surface area contributed by atoms with Gasteiger partial charge in [0.25, 0.3) is 17.3 Å². The number of imidazole rings is 1. The summed E-state index contributed by atoms with van der Waals surface area (Å²) in [6, 6.07) is 5.78. The van der Waals surface area contributed by atoms with Gasteiger partial charge in [0, 0.05) is 24.5 Å². The molecule has 2 heterocycles. The molecule has 1 amide bonds. The molecule has 0 spiro atoms. The van der Waals surface area contributed by atoms with Crippen molar-refractivity contribution in [3.8, 4) is 5.75 Å². The number of hydrogen-bond donors (Lipinski definition) is 2. The number of benzene rings is 1. The summed E-state index contributed by atoms with van der Waals surface area (Å²) in [4.78, 5) is 36.5. The molecule has 132 valence electrons. The monoisotopic (exact) mass is 357 g/mol. The molecule has 0 saturated heterocycles. The second kappa shape index (κ2) is 6.47. The van der Waals surface area contributed by atoms with Crippen LogP contribution >= 0.6 is 0 Å². The molecule has 0 aliphatic heterocycles. The number of aromatic nitrogens is 2. The van der Waals surface area contributed by atoms with Crippen molar-refractivity contribution in [1.29, 1.82) is 0 Å². The molecular weight excluding hydrogens is 346 g/mol. The van der Waals surface area contributed by atoms with Gasteiger partial charge in [-0.15, -0.1) is 0 Å². The number of nitro groups is 2. The normalized spacial score (nSPS) is 10.6. The average molecular weight is 357 g/mol. The van der Waals surface area contributed by atoms with Crippen molar-refractivity contribution in [2.75, 3.05) is 0 Å². The van der Waals surface area contributed by atoms with Gasteiger partial charge >= 0.3 is 0 Å². The predicted molar refractivity (Wildman–Crippen MR) is 87.8 cm³/mol. The summed E-state index contributed by atoms with van der Waals surface area (Å²) < 4.78 is 1.56. The number of fused-ring (bicyclic) bond motifs is 1. The number of rotatable bonds is 5. The number of nitro benzene ring substituents is 2. The fraction of sp³-hybridized carbons (Fsp3) is 0.0667. The molecule has 3 rings (SSSR count). The molecule has 0 aliphatic carbocycles. The Labute approximate surface area is 144 Å². The molecule has 0 atom stereocenters. The maximum absolute atomic E-state index is 12.2. The largest absolute Gasteiger partial charge is 0.504 e. The number of non-ortho nitro benzene ring substituents is 2. The first kappa shape index (κ1) is 16.8. The molecule has 3 aromatic rings. The predicted octanol–water partition coefficient (Wildman–Crippen LogP) is 1.79. The molecule has 11 heteroatoms. The molecule has 11 nitrogen and oxygen atoms in total. The summed E-state index contributed by atoms with van der Waals surface area (Å²) in [5, 5.41) is 33.9. The Kier molecular flexibility index (Phi) is 4.19. The Morgan fingerprint density at radius 3 is 2.42 bits per heavy atom. The molecule has 0 unspecified atom stereocenters. The van der Waals surface area contributed by atoms with Crippen LogP contribution in [-0.2, 0) is 6.54 Å². The third kappa shape index (κ3) is 3.26. The Balaban J connectivity index is 1.82. The molecule has 0 aliphatic rings. The molecule has 0 bridgehead atoms. The van der Waals surface area contributed by atoms with E-state index >= 15 is 0 Å². The summed E-state index contributed by atoms with van der Waals surface area (Å²) in [5.41, 5.74) is -0.580. The number of pyridine rings is 1. The van der Waals surface area contributed by atoms with Crippen LogP contribution in [0.25, 0.3) is 5.65 Å². The number of carbonyl (C=O) groups is 1. The van der Waals surface area contributed by atoms with Crippen LogP contribution in [0.4, 0.5) is 11.4 Å². The first-order chi connectivity index (χ1) is 12.3. The van der Waals surface area contributed by atoms with Crippen molar-refractivity contribution >= 4 is 22.9 Å². The quantitative estimate of drug-likeness (QED) is 0.521. The van der Waals surface area contributed by atoms with Crippen molar-refractivity contribution in [3.63, 3.8) is 0 Å². The second-order valence-electron chi connectivity index (χ2n) is 5.29. The fourth-order valence-corrected chi connectivity index (χ4v) is 2.34. The summed E-state index contributed by atoms with van der Waals surface area (Å²) in [7, 11) is 0. The number of carbonyl (C=O) groups excluding carboxylic acids is 1. The molecule has 2 aromatic heterocycles. The van der Waals surface area contributed by atoms with E-state index in [-0.39, 0.29) is 17.9 Å². The van der Waals surface area contributed by atoms with E-state index in [4.69, 9.17) is 0 Å². The lowest BCUT2D eigenvalue weighted by atomic mass is 10.1. The molecule has 1 aromatic carbocycles. The summed E-state index contributed by atoms with van der Waals surface area (Å²) in [5.74, 6) is -0.752. The van der Waals surface area contributed by atoms with E-state index in [1.54, 1.807) is 22.9 Å². The standard InChI is InChI=1S/C15H11N5O6/c21-13-2-1-3-18-8-10(17-14(13)18)7-16-15(22)9-4-11(19(23)24)6-12(5-9)20(25)26/h1-6,8,21H,7H2,(H,16,22). The fourth-order valence-electron chi connectivity index (χ4n) is 2.34. The van der Waals surface area contributed by atoms with Crippen LogP contribution < -0.4 is 5.32 Å². The van der Waals surface area contributed by atoms with Gasteiger partial charge in [0.15, 0.2) is 11.4 Å². The minimum atomic E-state index is -0.811. The number of aromatic hydroxyl groups is 1. The van der Waals surface area contributed by atoms with Crippen LogP contribution in [0.2, 0.25) is 0 Å². The number of nitrogens with one attached hydrogen (secondary N) is 1. The Bertz CT molecular complexity index is 1010. The summed E-state index contributed by atoms with van der Waals surface area (Å²) in [6.07, 6.45) is 3.25. The topological polar surface area (TPSA) is 153 Å². The first-order valence-corrected chi connectivity index (χ1v) is 7.23. The van der Waals surface area contributed by atoms with Crippen molar-refractivity contribution in [2.24, 2.45) is 0 Å². The second-order valence-corrected chi connectivity index (χ2v) is 5.29. The molecule has 0 radical (unpaired) electrons. The summed E-state index contributed by atoms with van der Waals surface area (Å²) >= 11 is 0. The van der Waals surface area contributed by atoms with E-state index < -0.39 is 27.1 Å². The third-order valence-electron chi connectivity index (χ3n) is 3.53. The third-order valence-corrected chi connectivity index (χ3v) is 3.53. The SMILES string of the molecule is O=C(NCc1cn2cccc(O)c2n1)c1cc([N+](=O)[O-])cc([N+](=O)[O-])c1. The molecule has 0 saturated carbocycles. The lowest BCUT2D eigenvalue weighted by Crippen LogP contribution is -2.23.